The molecule has 0 aromatic heterocycles. The maximum absolute atomic E-state index is 13.9. The first-order valence-corrected chi connectivity index (χ1v) is 14.5. The Labute approximate surface area is 242 Å². The van der Waals surface area contributed by atoms with E-state index in [1.165, 1.54) is 6.92 Å². The molecule has 0 radical (unpaired) electrons. The topological polar surface area (TPSA) is 59.1 Å². The number of fused-ring (bicyclic) bond motifs is 1. The van der Waals surface area contributed by atoms with E-state index in [2.05, 4.69) is 42.8 Å². The van der Waals surface area contributed by atoms with Gasteiger partial charge in [-0.3, -0.25) is 9.59 Å². The molecule has 2 fully saturated rings. The lowest BCUT2D eigenvalue weighted by Gasteiger charge is -2.60. The van der Waals surface area contributed by atoms with Crippen molar-refractivity contribution in [3.63, 3.8) is 0 Å². The average Bonchev–Trinajstić information content (AvgIpc) is 2.88. The molecule has 39 heavy (non-hydrogen) atoms. The number of benzene rings is 2. The standard InChI is InChI=1S/C31H40Cl2N2O4/c1-21(2)19-35(29(37)16-23-9-10-27(32)28(33)15-23)25-11-12-31(39-22(3)36)20-34(4)14-13-30(31,18-25)24-7-6-8-26(17-24)38-5/h6-10,15,17,21,25H,11-14,16,18-20H2,1-5H3. The van der Waals surface area contributed by atoms with Crippen molar-refractivity contribution in [2.45, 2.75) is 69.9 Å². The summed E-state index contributed by atoms with van der Waals surface area (Å²) in [6, 6.07) is 13.5. The lowest BCUT2D eigenvalue weighted by molar-refractivity contribution is -0.189. The van der Waals surface area contributed by atoms with Gasteiger partial charge in [0.15, 0.2) is 0 Å². The molecule has 8 heteroatoms. The molecule has 212 valence electrons. The summed E-state index contributed by atoms with van der Waals surface area (Å²) in [6.07, 6.45) is 3.21. The van der Waals surface area contributed by atoms with Crippen molar-refractivity contribution in [2.75, 3.05) is 33.8 Å². The molecule has 0 bridgehead atoms. The molecule has 4 rings (SSSR count). The number of likely N-dealkylation sites (tertiary alicyclic amines) is 1. The fraction of sp³-hybridized carbons (Fsp3) is 0.548. The van der Waals surface area contributed by atoms with Gasteiger partial charge in [0, 0.05) is 31.5 Å². The average molecular weight is 576 g/mol. The largest absolute Gasteiger partial charge is 0.497 e. The summed E-state index contributed by atoms with van der Waals surface area (Å²) in [7, 11) is 3.75. The van der Waals surface area contributed by atoms with E-state index in [0.29, 0.717) is 41.9 Å². The minimum atomic E-state index is -0.690. The van der Waals surface area contributed by atoms with Crippen molar-refractivity contribution < 1.29 is 19.1 Å². The Kier molecular flexibility index (Phi) is 9.19. The zero-order valence-corrected chi connectivity index (χ0v) is 25.1. The Balaban J connectivity index is 1.74. The van der Waals surface area contributed by atoms with Crippen LogP contribution < -0.4 is 4.74 Å². The summed E-state index contributed by atoms with van der Waals surface area (Å²) in [5.74, 6) is 0.870. The zero-order valence-electron chi connectivity index (χ0n) is 23.6. The van der Waals surface area contributed by atoms with Gasteiger partial charge in [-0.15, -0.1) is 0 Å². The highest BCUT2D eigenvalue weighted by Gasteiger charge is 2.61. The van der Waals surface area contributed by atoms with Gasteiger partial charge in [-0.2, -0.15) is 0 Å². The fourth-order valence-corrected chi connectivity index (χ4v) is 7.05. The molecule has 2 aromatic rings. The number of amides is 1. The number of piperidine rings is 1. The normalized spacial score (nSPS) is 25.2. The van der Waals surface area contributed by atoms with Gasteiger partial charge in [-0.1, -0.05) is 55.2 Å². The van der Waals surface area contributed by atoms with Gasteiger partial charge in [0.1, 0.15) is 11.4 Å². The quantitative estimate of drug-likeness (QED) is 0.353. The Morgan fingerprint density at radius 3 is 2.56 bits per heavy atom. The molecule has 1 saturated carbocycles. The van der Waals surface area contributed by atoms with Crippen LogP contribution in [0.3, 0.4) is 0 Å². The number of likely N-dealkylation sites (N-methyl/N-ethyl adjacent to an activating group) is 1. The highest BCUT2D eigenvalue weighted by Crippen LogP contribution is 2.54. The number of carbonyl (C=O) groups excluding carboxylic acids is 2. The number of halogens is 2. The van der Waals surface area contributed by atoms with Gasteiger partial charge in [-0.25, -0.2) is 0 Å². The predicted molar refractivity (Wildman–Crippen MR) is 156 cm³/mol. The maximum Gasteiger partial charge on any atom is 0.303 e. The zero-order chi connectivity index (χ0) is 28.4. The molecule has 1 aliphatic carbocycles. The Bertz CT molecular complexity index is 1200. The first-order valence-electron chi connectivity index (χ1n) is 13.7. The van der Waals surface area contributed by atoms with Crippen LogP contribution in [0.4, 0.5) is 0 Å². The fourth-order valence-electron chi connectivity index (χ4n) is 6.73. The van der Waals surface area contributed by atoms with E-state index in [4.69, 9.17) is 32.7 Å². The number of hydrogen-bond donors (Lipinski definition) is 0. The van der Waals surface area contributed by atoms with Crippen LogP contribution in [-0.2, 0) is 26.2 Å². The van der Waals surface area contributed by atoms with Gasteiger partial charge in [0.25, 0.3) is 0 Å². The second-order valence-electron chi connectivity index (χ2n) is 11.7. The molecule has 6 nitrogen and oxygen atoms in total. The van der Waals surface area contributed by atoms with Gasteiger partial charge in [-0.05, 0) is 80.6 Å². The minimum absolute atomic E-state index is 0.000891. The summed E-state index contributed by atoms with van der Waals surface area (Å²) in [5.41, 5.74) is 0.796. The second kappa shape index (κ2) is 12.1. The van der Waals surface area contributed by atoms with E-state index in [1.807, 2.05) is 18.2 Å². The van der Waals surface area contributed by atoms with Crippen LogP contribution >= 0.6 is 23.2 Å². The van der Waals surface area contributed by atoms with Crippen LogP contribution in [0.15, 0.2) is 42.5 Å². The first-order chi connectivity index (χ1) is 18.5. The summed E-state index contributed by atoms with van der Waals surface area (Å²) in [5, 5.41) is 0.924. The molecular formula is C31H40Cl2N2O4. The Morgan fingerprint density at radius 1 is 1.13 bits per heavy atom. The number of methoxy groups -OCH3 is 1. The number of ether oxygens (including phenoxy) is 2. The van der Waals surface area contributed by atoms with Crippen LogP contribution in [0.2, 0.25) is 10.0 Å². The van der Waals surface area contributed by atoms with Crippen LogP contribution in [-0.4, -0.2) is 67.1 Å². The Hall–Kier alpha value is -2.28. The van der Waals surface area contributed by atoms with Crippen LogP contribution in [0, 0.1) is 5.92 Å². The van der Waals surface area contributed by atoms with Gasteiger partial charge in [0.2, 0.25) is 5.91 Å². The molecule has 0 spiro atoms. The van der Waals surface area contributed by atoms with Crippen molar-refractivity contribution in [2.24, 2.45) is 5.92 Å². The van der Waals surface area contributed by atoms with Crippen molar-refractivity contribution in [1.82, 2.24) is 9.80 Å². The lowest BCUT2D eigenvalue weighted by atomic mass is 9.55. The van der Waals surface area contributed by atoms with E-state index in [1.54, 1.807) is 19.2 Å². The van der Waals surface area contributed by atoms with E-state index >= 15 is 0 Å². The van der Waals surface area contributed by atoms with Gasteiger partial charge >= 0.3 is 5.97 Å². The molecule has 1 saturated heterocycles. The monoisotopic (exact) mass is 574 g/mol. The van der Waals surface area contributed by atoms with Crippen molar-refractivity contribution in [3.05, 3.63) is 63.6 Å². The van der Waals surface area contributed by atoms with E-state index in [9.17, 15) is 9.59 Å². The predicted octanol–water partition coefficient (Wildman–Crippen LogP) is 6.16. The molecule has 2 aliphatic rings. The summed E-state index contributed by atoms with van der Waals surface area (Å²) < 4.78 is 11.9. The van der Waals surface area contributed by atoms with Crippen LogP contribution in [0.5, 0.6) is 5.75 Å². The number of esters is 1. The molecule has 3 unspecified atom stereocenters. The second-order valence-corrected chi connectivity index (χ2v) is 12.5. The van der Waals surface area contributed by atoms with Gasteiger partial charge < -0.3 is 19.3 Å². The summed E-state index contributed by atoms with van der Waals surface area (Å²) >= 11 is 12.4. The number of nitrogens with zero attached hydrogens (tertiary/aromatic N) is 2. The molecule has 1 aliphatic heterocycles. The van der Waals surface area contributed by atoms with Crippen LogP contribution in [0.25, 0.3) is 0 Å². The third-order valence-corrected chi connectivity index (χ3v) is 9.15. The molecule has 1 heterocycles. The van der Waals surface area contributed by atoms with E-state index < -0.39 is 11.0 Å². The summed E-state index contributed by atoms with van der Waals surface area (Å²) in [4.78, 5) is 30.7. The number of rotatable bonds is 8. The van der Waals surface area contributed by atoms with Crippen molar-refractivity contribution in [1.29, 1.82) is 0 Å². The molecule has 1 amide bonds. The van der Waals surface area contributed by atoms with Crippen molar-refractivity contribution in [3.8, 4) is 5.75 Å². The maximum atomic E-state index is 13.9. The number of hydrogen-bond acceptors (Lipinski definition) is 5. The SMILES string of the molecule is COc1cccc(C23CCN(C)CC2(OC(C)=O)CCC(N(CC(C)C)C(=O)Cc2ccc(Cl)c(Cl)c2)C3)c1. The summed E-state index contributed by atoms with van der Waals surface area (Å²) in [6.45, 7) is 7.95. The van der Waals surface area contributed by atoms with Crippen molar-refractivity contribution >= 4 is 35.1 Å². The van der Waals surface area contributed by atoms with Gasteiger partial charge in [0.05, 0.1) is 23.6 Å². The molecule has 3 atom stereocenters. The highest BCUT2D eigenvalue weighted by molar-refractivity contribution is 6.42. The smallest absolute Gasteiger partial charge is 0.303 e. The Morgan fingerprint density at radius 2 is 1.90 bits per heavy atom. The molecule has 0 N–H and O–H groups in total. The van der Waals surface area contributed by atoms with E-state index in [0.717, 1.165) is 36.3 Å². The number of carbonyl (C=O) groups is 2. The van der Waals surface area contributed by atoms with Crippen LogP contribution in [0.1, 0.15) is 57.6 Å². The highest BCUT2D eigenvalue weighted by atomic mass is 35.5. The third kappa shape index (κ3) is 6.23. The lowest BCUT2D eigenvalue weighted by Crippen LogP contribution is -2.68. The molecule has 2 aromatic carbocycles. The minimum Gasteiger partial charge on any atom is -0.497 e. The molecular weight excluding hydrogens is 535 g/mol. The van der Waals surface area contributed by atoms with E-state index in [-0.39, 0.29) is 24.3 Å². The third-order valence-electron chi connectivity index (χ3n) is 8.41. The first kappa shape index (κ1) is 29.7.